The van der Waals surface area contributed by atoms with E-state index in [-0.39, 0.29) is 5.92 Å². The van der Waals surface area contributed by atoms with Gasteiger partial charge in [0.05, 0.1) is 0 Å². The van der Waals surface area contributed by atoms with E-state index < -0.39 is 0 Å². The van der Waals surface area contributed by atoms with E-state index >= 15 is 0 Å². The Hall–Kier alpha value is -0.570. The lowest BCUT2D eigenvalue weighted by atomic mass is 9.95. The van der Waals surface area contributed by atoms with Gasteiger partial charge in [-0.15, -0.1) is 0 Å². The lowest BCUT2D eigenvalue weighted by Gasteiger charge is -2.31. The molecule has 1 aliphatic rings. The normalized spacial score (nSPS) is 20.2. The van der Waals surface area contributed by atoms with E-state index in [1.165, 1.54) is 0 Å². The van der Waals surface area contributed by atoms with E-state index in [4.69, 9.17) is 0 Å². The second kappa shape index (κ2) is 4.61. The Kier molecular flexibility index (Phi) is 3.72. The molecule has 0 aromatic heterocycles. The first kappa shape index (κ1) is 10.5. The fourth-order valence-electron chi connectivity index (χ4n) is 1.86. The molecule has 1 saturated heterocycles. The molecule has 1 rings (SSSR count). The molecule has 0 unspecified atom stereocenters. The first-order chi connectivity index (χ1) is 6.15. The van der Waals surface area contributed by atoms with Crippen LogP contribution in [0.3, 0.4) is 0 Å². The Balaban J connectivity index is 2.36. The molecule has 0 bridgehead atoms. The average Bonchev–Trinajstić information content (AvgIpc) is 2.17. The molecule has 3 heteroatoms. The van der Waals surface area contributed by atoms with Crippen molar-refractivity contribution in [2.45, 2.75) is 19.8 Å². The van der Waals surface area contributed by atoms with Gasteiger partial charge < -0.3 is 9.80 Å². The van der Waals surface area contributed by atoms with Crippen LogP contribution in [0, 0.1) is 5.92 Å². The summed E-state index contributed by atoms with van der Waals surface area (Å²) in [6.07, 6.45) is 2.07. The summed E-state index contributed by atoms with van der Waals surface area (Å²) in [5.41, 5.74) is 0. The number of hydrogen-bond acceptors (Lipinski definition) is 2. The van der Waals surface area contributed by atoms with Crippen molar-refractivity contribution < 1.29 is 4.79 Å². The molecule has 1 amide bonds. The summed E-state index contributed by atoms with van der Waals surface area (Å²) in [4.78, 5) is 15.7. The lowest BCUT2D eigenvalue weighted by Crippen LogP contribution is -2.39. The van der Waals surface area contributed by atoms with Gasteiger partial charge in [0.2, 0.25) is 5.91 Å². The third-order valence-electron chi connectivity index (χ3n) is 2.82. The Labute approximate surface area is 80.7 Å². The summed E-state index contributed by atoms with van der Waals surface area (Å²) in [6.45, 7) is 5.46. The number of amides is 1. The second-order valence-electron chi connectivity index (χ2n) is 3.94. The van der Waals surface area contributed by atoms with E-state index in [9.17, 15) is 4.79 Å². The number of likely N-dealkylation sites (tertiary alicyclic amines) is 1. The standard InChI is InChI=1S/C10H20N2O/c1-4-12-7-5-9(6-8-12)10(13)11(2)3/h9H,4-8H2,1-3H3. The number of carbonyl (C=O) groups is 1. The quantitative estimate of drug-likeness (QED) is 0.634. The van der Waals surface area contributed by atoms with Gasteiger partial charge in [-0.05, 0) is 32.5 Å². The smallest absolute Gasteiger partial charge is 0.225 e. The maximum Gasteiger partial charge on any atom is 0.225 e. The van der Waals surface area contributed by atoms with E-state index in [2.05, 4.69) is 11.8 Å². The molecule has 0 aliphatic carbocycles. The van der Waals surface area contributed by atoms with Crippen molar-refractivity contribution in [1.82, 2.24) is 9.80 Å². The van der Waals surface area contributed by atoms with Crippen molar-refractivity contribution in [3.05, 3.63) is 0 Å². The molecule has 1 heterocycles. The van der Waals surface area contributed by atoms with Crippen LogP contribution in [-0.4, -0.2) is 49.4 Å². The maximum atomic E-state index is 11.6. The number of carbonyl (C=O) groups excluding carboxylic acids is 1. The van der Waals surface area contributed by atoms with Crippen LogP contribution in [0.2, 0.25) is 0 Å². The highest BCUT2D eigenvalue weighted by atomic mass is 16.2. The molecule has 13 heavy (non-hydrogen) atoms. The van der Waals surface area contributed by atoms with Gasteiger partial charge in [-0.3, -0.25) is 4.79 Å². The molecule has 0 N–H and O–H groups in total. The van der Waals surface area contributed by atoms with Gasteiger partial charge in [0.1, 0.15) is 0 Å². The summed E-state index contributed by atoms with van der Waals surface area (Å²) >= 11 is 0. The van der Waals surface area contributed by atoms with Crippen LogP contribution in [0.15, 0.2) is 0 Å². The van der Waals surface area contributed by atoms with E-state index in [0.717, 1.165) is 32.5 Å². The summed E-state index contributed by atoms with van der Waals surface area (Å²) in [6, 6.07) is 0. The van der Waals surface area contributed by atoms with Gasteiger partial charge in [-0.1, -0.05) is 6.92 Å². The molecular weight excluding hydrogens is 164 g/mol. The zero-order valence-corrected chi connectivity index (χ0v) is 8.92. The van der Waals surface area contributed by atoms with Crippen molar-refractivity contribution in [3.8, 4) is 0 Å². The van der Waals surface area contributed by atoms with Gasteiger partial charge in [0.25, 0.3) is 0 Å². The van der Waals surface area contributed by atoms with Crippen molar-refractivity contribution in [3.63, 3.8) is 0 Å². The van der Waals surface area contributed by atoms with Gasteiger partial charge in [-0.25, -0.2) is 0 Å². The molecule has 0 spiro atoms. The first-order valence-electron chi connectivity index (χ1n) is 5.08. The predicted octanol–water partition coefficient (Wildman–Crippen LogP) is 0.806. The molecule has 0 saturated carbocycles. The van der Waals surface area contributed by atoms with Gasteiger partial charge in [-0.2, -0.15) is 0 Å². The SMILES string of the molecule is CCN1CCC(C(=O)N(C)C)CC1. The zero-order valence-electron chi connectivity index (χ0n) is 8.92. The van der Waals surface area contributed by atoms with Gasteiger partial charge in [0.15, 0.2) is 0 Å². The number of nitrogens with zero attached hydrogens (tertiary/aromatic N) is 2. The molecule has 0 atom stereocenters. The summed E-state index contributed by atoms with van der Waals surface area (Å²) in [5, 5.41) is 0. The van der Waals surface area contributed by atoms with Crippen LogP contribution in [0.4, 0.5) is 0 Å². The van der Waals surface area contributed by atoms with Crippen molar-refractivity contribution in [2.75, 3.05) is 33.7 Å². The molecular formula is C10H20N2O. The minimum absolute atomic E-state index is 0.276. The Morgan fingerprint density at radius 2 is 1.92 bits per heavy atom. The van der Waals surface area contributed by atoms with Crippen LogP contribution >= 0.6 is 0 Å². The monoisotopic (exact) mass is 184 g/mol. The molecule has 0 radical (unpaired) electrons. The average molecular weight is 184 g/mol. The summed E-state index contributed by atoms with van der Waals surface area (Å²) in [5.74, 6) is 0.577. The fraction of sp³-hybridized carbons (Fsp3) is 0.900. The minimum Gasteiger partial charge on any atom is -0.349 e. The van der Waals surface area contributed by atoms with Crippen LogP contribution in [-0.2, 0) is 4.79 Å². The Morgan fingerprint density at radius 3 is 2.31 bits per heavy atom. The lowest BCUT2D eigenvalue weighted by molar-refractivity contribution is -0.134. The second-order valence-corrected chi connectivity index (χ2v) is 3.94. The van der Waals surface area contributed by atoms with Gasteiger partial charge in [0, 0.05) is 20.0 Å². The summed E-state index contributed by atoms with van der Waals surface area (Å²) in [7, 11) is 3.68. The molecule has 1 fully saturated rings. The van der Waals surface area contributed by atoms with E-state index in [1.807, 2.05) is 14.1 Å². The van der Waals surface area contributed by atoms with Gasteiger partial charge >= 0.3 is 0 Å². The van der Waals surface area contributed by atoms with E-state index in [0.29, 0.717) is 5.91 Å². The van der Waals surface area contributed by atoms with Crippen molar-refractivity contribution in [1.29, 1.82) is 0 Å². The molecule has 3 nitrogen and oxygen atoms in total. The predicted molar refractivity (Wildman–Crippen MR) is 53.5 cm³/mol. The zero-order chi connectivity index (χ0) is 9.84. The topological polar surface area (TPSA) is 23.6 Å². The third kappa shape index (κ3) is 2.69. The van der Waals surface area contributed by atoms with Crippen molar-refractivity contribution >= 4 is 5.91 Å². The van der Waals surface area contributed by atoms with E-state index in [1.54, 1.807) is 4.90 Å². The van der Waals surface area contributed by atoms with Crippen LogP contribution in [0.1, 0.15) is 19.8 Å². The highest BCUT2D eigenvalue weighted by Crippen LogP contribution is 2.18. The van der Waals surface area contributed by atoms with Crippen molar-refractivity contribution in [2.24, 2.45) is 5.92 Å². The molecule has 0 aromatic carbocycles. The number of rotatable bonds is 2. The fourth-order valence-corrected chi connectivity index (χ4v) is 1.86. The maximum absolute atomic E-state index is 11.6. The Morgan fingerprint density at radius 1 is 1.38 bits per heavy atom. The first-order valence-corrected chi connectivity index (χ1v) is 5.08. The third-order valence-corrected chi connectivity index (χ3v) is 2.82. The largest absolute Gasteiger partial charge is 0.349 e. The molecule has 1 aliphatic heterocycles. The highest BCUT2D eigenvalue weighted by molar-refractivity contribution is 5.78. The Bertz CT molecular complexity index is 172. The van der Waals surface area contributed by atoms with Crippen LogP contribution in [0.5, 0.6) is 0 Å². The highest BCUT2D eigenvalue weighted by Gasteiger charge is 2.24. The molecule has 76 valence electrons. The minimum atomic E-state index is 0.276. The van der Waals surface area contributed by atoms with Crippen LogP contribution < -0.4 is 0 Å². The number of piperidine rings is 1. The van der Waals surface area contributed by atoms with Crippen LogP contribution in [0.25, 0.3) is 0 Å². The number of hydrogen-bond donors (Lipinski definition) is 0. The molecule has 0 aromatic rings. The summed E-state index contributed by atoms with van der Waals surface area (Å²) < 4.78 is 0.